The number of carbonyl (C=O) groups is 2. The zero-order valence-electron chi connectivity index (χ0n) is 16.1. The maximum Gasteiger partial charge on any atom is 0.343 e. The van der Waals surface area contributed by atoms with Gasteiger partial charge in [-0.05, 0) is 60.7 Å². The molecule has 0 spiro atoms. The molecular weight excluding hydrogens is 368 g/mol. The van der Waals surface area contributed by atoms with Crippen molar-refractivity contribution in [1.82, 2.24) is 0 Å². The Morgan fingerprint density at radius 3 is 2.10 bits per heavy atom. The number of allylic oxidation sites excluding steroid dienone is 1. The standard InChI is InChI=1S/C24H20O5/c1-27-21-14-10-18(23(16-21)28-2)11-15-22(25)17-8-12-20(13-9-17)29-24(26)19-6-4-3-5-7-19/h3-16H,1-2H3. The molecule has 0 aliphatic rings. The molecule has 0 saturated carbocycles. The van der Waals surface area contributed by atoms with Crippen LogP contribution < -0.4 is 14.2 Å². The van der Waals surface area contributed by atoms with E-state index in [9.17, 15) is 9.59 Å². The molecule has 3 aromatic carbocycles. The molecule has 0 bridgehead atoms. The van der Waals surface area contributed by atoms with Gasteiger partial charge in [0.1, 0.15) is 17.2 Å². The first-order valence-electron chi connectivity index (χ1n) is 8.92. The molecule has 0 aromatic heterocycles. The smallest absolute Gasteiger partial charge is 0.343 e. The number of ketones is 1. The minimum atomic E-state index is -0.448. The number of methoxy groups -OCH3 is 2. The number of carbonyl (C=O) groups excluding carboxylic acids is 2. The van der Waals surface area contributed by atoms with Crippen LogP contribution in [-0.2, 0) is 0 Å². The zero-order valence-corrected chi connectivity index (χ0v) is 16.1. The third-order valence-electron chi connectivity index (χ3n) is 4.21. The fourth-order valence-electron chi connectivity index (χ4n) is 2.65. The third-order valence-corrected chi connectivity index (χ3v) is 4.21. The van der Waals surface area contributed by atoms with Crippen molar-refractivity contribution < 1.29 is 23.8 Å². The number of esters is 1. The molecule has 29 heavy (non-hydrogen) atoms. The van der Waals surface area contributed by atoms with E-state index in [1.54, 1.807) is 81.0 Å². The molecule has 0 atom stereocenters. The summed E-state index contributed by atoms with van der Waals surface area (Å²) < 4.78 is 15.8. The molecule has 0 aliphatic heterocycles. The lowest BCUT2D eigenvalue weighted by molar-refractivity contribution is 0.0734. The molecule has 0 heterocycles. The van der Waals surface area contributed by atoms with E-state index in [1.165, 1.54) is 6.08 Å². The van der Waals surface area contributed by atoms with Gasteiger partial charge in [-0.3, -0.25) is 4.79 Å². The number of benzene rings is 3. The van der Waals surface area contributed by atoms with Crippen molar-refractivity contribution >= 4 is 17.8 Å². The quantitative estimate of drug-likeness (QED) is 0.251. The zero-order chi connectivity index (χ0) is 20.6. The van der Waals surface area contributed by atoms with E-state index in [4.69, 9.17) is 14.2 Å². The molecule has 146 valence electrons. The summed E-state index contributed by atoms with van der Waals surface area (Å²) in [5, 5.41) is 0. The highest BCUT2D eigenvalue weighted by molar-refractivity contribution is 6.07. The van der Waals surface area contributed by atoms with Crippen LogP contribution in [0.5, 0.6) is 17.2 Å². The lowest BCUT2D eigenvalue weighted by Gasteiger charge is -2.07. The van der Waals surface area contributed by atoms with Gasteiger partial charge < -0.3 is 14.2 Å². The van der Waals surface area contributed by atoms with E-state index in [0.717, 1.165) is 5.56 Å². The largest absolute Gasteiger partial charge is 0.497 e. The summed E-state index contributed by atoms with van der Waals surface area (Å²) in [6.45, 7) is 0. The lowest BCUT2D eigenvalue weighted by Crippen LogP contribution is -2.08. The van der Waals surface area contributed by atoms with E-state index in [-0.39, 0.29) is 5.78 Å². The maximum atomic E-state index is 12.4. The summed E-state index contributed by atoms with van der Waals surface area (Å²) in [4.78, 5) is 24.5. The Morgan fingerprint density at radius 1 is 0.759 bits per heavy atom. The fourth-order valence-corrected chi connectivity index (χ4v) is 2.65. The fraction of sp³-hybridized carbons (Fsp3) is 0.0833. The topological polar surface area (TPSA) is 61.8 Å². The van der Waals surface area contributed by atoms with E-state index in [0.29, 0.717) is 28.4 Å². The highest BCUT2D eigenvalue weighted by atomic mass is 16.5. The van der Waals surface area contributed by atoms with Crippen molar-refractivity contribution in [2.45, 2.75) is 0 Å². The van der Waals surface area contributed by atoms with Gasteiger partial charge >= 0.3 is 5.97 Å². The van der Waals surface area contributed by atoms with Crippen LogP contribution in [0.25, 0.3) is 6.08 Å². The molecular formula is C24H20O5. The normalized spacial score (nSPS) is 10.6. The summed E-state index contributed by atoms with van der Waals surface area (Å²) in [5.74, 6) is 1.03. The highest BCUT2D eigenvalue weighted by Gasteiger charge is 2.09. The van der Waals surface area contributed by atoms with Crippen molar-refractivity contribution in [3.05, 3.63) is 95.6 Å². The number of hydrogen-bond donors (Lipinski definition) is 0. The molecule has 0 aliphatic carbocycles. The lowest BCUT2D eigenvalue weighted by atomic mass is 10.1. The Hall–Kier alpha value is -3.86. The van der Waals surface area contributed by atoms with Crippen molar-refractivity contribution in [3.8, 4) is 17.2 Å². The predicted octanol–water partition coefficient (Wildman–Crippen LogP) is 4.82. The highest BCUT2D eigenvalue weighted by Crippen LogP contribution is 2.25. The Balaban J connectivity index is 1.67. The van der Waals surface area contributed by atoms with Crippen LogP contribution in [-0.4, -0.2) is 26.0 Å². The van der Waals surface area contributed by atoms with Gasteiger partial charge in [0.2, 0.25) is 0 Å². The van der Waals surface area contributed by atoms with Gasteiger partial charge in [-0.2, -0.15) is 0 Å². The molecule has 0 saturated heterocycles. The second-order valence-electron chi connectivity index (χ2n) is 6.09. The monoisotopic (exact) mass is 388 g/mol. The van der Waals surface area contributed by atoms with E-state index in [2.05, 4.69) is 0 Å². The average molecular weight is 388 g/mol. The average Bonchev–Trinajstić information content (AvgIpc) is 2.78. The summed E-state index contributed by atoms with van der Waals surface area (Å²) >= 11 is 0. The first-order chi connectivity index (χ1) is 14.1. The van der Waals surface area contributed by atoms with Crippen LogP contribution in [0, 0.1) is 0 Å². The molecule has 5 heteroatoms. The Kier molecular flexibility index (Phi) is 6.43. The van der Waals surface area contributed by atoms with Crippen LogP contribution in [0.2, 0.25) is 0 Å². The molecule has 0 N–H and O–H groups in total. The van der Waals surface area contributed by atoms with Crippen molar-refractivity contribution in [3.63, 3.8) is 0 Å². The molecule has 0 unspecified atom stereocenters. The van der Waals surface area contributed by atoms with Crippen LogP contribution in [0.1, 0.15) is 26.3 Å². The summed E-state index contributed by atoms with van der Waals surface area (Å²) in [7, 11) is 3.14. The van der Waals surface area contributed by atoms with Crippen LogP contribution in [0.3, 0.4) is 0 Å². The van der Waals surface area contributed by atoms with Crippen LogP contribution >= 0.6 is 0 Å². The molecule has 5 nitrogen and oxygen atoms in total. The van der Waals surface area contributed by atoms with E-state index >= 15 is 0 Å². The molecule has 0 fully saturated rings. The summed E-state index contributed by atoms with van der Waals surface area (Å²) in [5.41, 5.74) is 1.70. The molecule has 0 radical (unpaired) electrons. The van der Waals surface area contributed by atoms with Gasteiger partial charge in [0.15, 0.2) is 5.78 Å². The molecule has 3 aromatic rings. The first-order valence-corrected chi connectivity index (χ1v) is 8.92. The predicted molar refractivity (Wildman–Crippen MR) is 111 cm³/mol. The minimum Gasteiger partial charge on any atom is -0.497 e. The van der Waals surface area contributed by atoms with Crippen LogP contribution in [0.4, 0.5) is 0 Å². The Labute approximate surface area is 169 Å². The Bertz CT molecular complexity index is 1020. The minimum absolute atomic E-state index is 0.177. The molecule has 3 rings (SSSR count). The maximum absolute atomic E-state index is 12.4. The summed E-state index contributed by atoms with van der Waals surface area (Å²) in [6.07, 6.45) is 3.15. The molecule has 0 amide bonds. The second-order valence-corrected chi connectivity index (χ2v) is 6.09. The van der Waals surface area contributed by atoms with Gasteiger partial charge in [-0.1, -0.05) is 18.2 Å². The first kappa shape index (κ1) is 19.9. The number of ether oxygens (including phenoxy) is 3. The number of hydrogen-bond acceptors (Lipinski definition) is 5. The van der Waals surface area contributed by atoms with Gasteiger partial charge in [0.25, 0.3) is 0 Å². The van der Waals surface area contributed by atoms with Crippen molar-refractivity contribution in [2.75, 3.05) is 14.2 Å². The van der Waals surface area contributed by atoms with E-state index < -0.39 is 5.97 Å². The summed E-state index contributed by atoms with van der Waals surface area (Å²) in [6, 6.07) is 20.5. The SMILES string of the molecule is COc1ccc(C=CC(=O)c2ccc(OC(=O)c3ccccc3)cc2)c(OC)c1. The van der Waals surface area contributed by atoms with E-state index in [1.807, 2.05) is 12.1 Å². The Morgan fingerprint density at radius 2 is 1.45 bits per heavy atom. The van der Waals surface area contributed by atoms with Crippen molar-refractivity contribution in [2.24, 2.45) is 0 Å². The van der Waals surface area contributed by atoms with Gasteiger partial charge in [0, 0.05) is 17.2 Å². The third kappa shape index (κ3) is 5.11. The van der Waals surface area contributed by atoms with Gasteiger partial charge in [-0.25, -0.2) is 4.79 Å². The van der Waals surface area contributed by atoms with Gasteiger partial charge in [0.05, 0.1) is 19.8 Å². The van der Waals surface area contributed by atoms with Crippen molar-refractivity contribution in [1.29, 1.82) is 0 Å². The number of rotatable bonds is 7. The second kappa shape index (κ2) is 9.37. The van der Waals surface area contributed by atoms with Gasteiger partial charge in [-0.15, -0.1) is 0 Å². The van der Waals surface area contributed by atoms with Crippen LogP contribution in [0.15, 0.2) is 78.9 Å².